The van der Waals surface area contributed by atoms with Crippen LogP contribution in [0, 0.1) is 0 Å². The highest BCUT2D eigenvalue weighted by Crippen LogP contribution is 2.07. The van der Waals surface area contributed by atoms with Gasteiger partial charge in [0.2, 0.25) is 0 Å². The van der Waals surface area contributed by atoms with Crippen molar-refractivity contribution in [3.8, 4) is 0 Å². The van der Waals surface area contributed by atoms with Crippen molar-refractivity contribution in [1.82, 2.24) is 5.32 Å². The molecule has 1 rings (SSSR count). The van der Waals surface area contributed by atoms with Crippen LogP contribution in [0.15, 0.2) is 11.9 Å². The summed E-state index contributed by atoms with van der Waals surface area (Å²) in [5, 5.41) is 4.09. The fourth-order valence-electron chi connectivity index (χ4n) is 0.698. The third kappa shape index (κ3) is 0.856. The molecular weight excluding hydrogens is 88.1 g/mol. The van der Waals surface area contributed by atoms with Gasteiger partial charge < -0.3 is 5.73 Å². The summed E-state index contributed by atoms with van der Waals surface area (Å²) in [6.45, 7) is 0.975. The molecule has 1 aliphatic heterocycles. The summed E-state index contributed by atoms with van der Waals surface area (Å²) in [7, 11) is 0. The Morgan fingerprint density at radius 2 is 2.57 bits per heavy atom. The van der Waals surface area contributed by atoms with E-state index < -0.39 is 0 Å². The molecule has 1 heterocycles. The summed E-state index contributed by atoms with van der Waals surface area (Å²) in [6, 6.07) is 0. The van der Waals surface area contributed by atoms with E-state index in [1.165, 1.54) is 6.42 Å². The quantitative estimate of drug-likeness (QED) is 0.460. The predicted molar refractivity (Wildman–Crippen MR) is 28.5 cm³/mol. The van der Waals surface area contributed by atoms with Crippen LogP contribution in [0.1, 0.15) is 12.8 Å². The van der Waals surface area contributed by atoms with E-state index >= 15 is 0 Å². The monoisotopic (exact) mass is 97.1 g/mol. The normalized spacial score (nSPS) is 25.4. The lowest BCUT2D eigenvalue weighted by molar-refractivity contribution is 0.888. The van der Waals surface area contributed by atoms with E-state index in [1.807, 2.05) is 0 Å². The number of rotatable bonds is 0. The minimum Gasteiger partial charge on any atom is -0.403 e. The summed E-state index contributed by atoms with van der Waals surface area (Å²) in [5.74, 6) is 0. The van der Waals surface area contributed by atoms with Crippen LogP contribution < -0.4 is 11.1 Å². The van der Waals surface area contributed by atoms with Crippen LogP contribution in [0.5, 0.6) is 0 Å². The lowest BCUT2D eigenvalue weighted by atomic mass is 10.3. The standard InChI is InChI=1S/C5H9N2/c6-4-5-2-1-3-7-5/h4H,1-3,6H2. The van der Waals surface area contributed by atoms with Gasteiger partial charge in [-0.05, 0) is 12.8 Å². The van der Waals surface area contributed by atoms with Gasteiger partial charge in [0, 0.05) is 12.7 Å². The molecule has 0 aromatic heterocycles. The number of hydrogen-bond donors (Lipinski definition) is 1. The highest BCUT2D eigenvalue weighted by Gasteiger charge is 2.04. The van der Waals surface area contributed by atoms with Crippen LogP contribution in [0.3, 0.4) is 0 Å². The zero-order valence-corrected chi connectivity index (χ0v) is 4.22. The van der Waals surface area contributed by atoms with E-state index in [4.69, 9.17) is 5.73 Å². The van der Waals surface area contributed by atoms with Crippen molar-refractivity contribution >= 4 is 0 Å². The van der Waals surface area contributed by atoms with Gasteiger partial charge in [-0.3, -0.25) is 5.32 Å². The molecule has 2 N–H and O–H groups in total. The van der Waals surface area contributed by atoms with Crippen molar-refractivity contribution in [2.24, 2.45) is 5.73 Å². The van der Waals surface area contributed by atoms with Crippen LogP contribution in [0.2, 0.25) is 0 Å². The van der Waals surface area contributed by atoms with Gasteiger partial charge in [-0.25, -0.2) is 0 Å². The molecule has 2 heteroatoms. The molecule has 0 aromatic carbocycles. The van der Waals surface area contributed by atoms with Crippen molar-refractivity contribution in [1.29, 1.82) is 0 Å². The van der Waals surface area contributed by atoms with E-state index in [2.05, 4.69) is 5.32 Å². The molecule has 7 heavy (non-hydrogen) atoms. The Hall–Kier alpha value is -0.660. The average Bonchev–Trinajstić information content (AvgIpc) is 2.14. The van der Waals surface area contributed by atoms with Crippen molar-refractivity contribution in [3.63, 3.8) is 0 Å². The smallest absolute Gasteiger partial charge is 0.0503 e. The van der Waals surface area contributed by atoms with E-state index in [0.29, 0.717) is 0 Å². The first-order valence-corrected chi connectivity index (χ1v) is 2.52. The van der Waals surface area contributed by atoms with Crippen LogP contribution in [0.25, 0.3) is 0 Å². The zero-order valence-electron chi connectivity index (χ0n) is 4.22. The third-order valence-electron chi connectivity index (χ3n) is 1.10. The molecule has 0 aromatic rings. The number of allylic oxidation sites excluding steroid dienone is 1. The van der Waals surface area contributed by atoms with Gasteiger partial charge in [0.1, 0.15) is 0 Å². The minimum absolute atomic E-state index is 0.975. The lowest BCUT2D eigenvalue weighted by Gasteiger charge is -1.86. The second-order valence-corrected chi connectivity index (χ2v) is 1.64. The predicted octanol–water partition coefficient (Wildman–Crippen LogP) is 0.185. The van der Waals surface area contributed by atoms with Crippen molar-refractivity contribution < 1.29 is 0 Å². The Morgan fingerprint density at radius 1 is 1.71 bits per heavy atom. The summed E-state index contributed by atoms with van der Waals surface area (Å²) in [5.41, 5.74) is 6.25. The molecule has 2 nitrogen and oxygen atoms in total. The maximum Gasteiger partial charge on any atom is 0.0503 e. The van der Waals surface area contributed by atoms with E-state index in [-0.39, 0.29) is 0 Å². The van der Waals surface area contributed by atoms with E-state index in [9.17, 15) is 0 Å². The zero-order chi connectivity index (χ0) is 5.11. The second kappa shape index (κ2) is 1.87. The molecule has 0 bridgehead atoms. The SMILES string of the molecule is NC=C1CCC[N]1. The number of nitrogens with zero attached hydrogens (tertiary/aromatic N) is 1. The highest BCUT2D eigenvalue weighted by molar-refractivity contribution is 5.00. The van der Waals surface area contributed by atoms with Crippen molar-refractivity contribution in [3.05, 3.63) is 11.9 Å². The van der Waals surface area contributed by atoms with Crippen LogP contribution in [0.4, 0.5) is 0 Å². The Morgan fingerprint density at radius 3 is 2.86 bits per heavy atom. The Bertz CT molecular complexity index is 78.1. The van der Waals surface area contributed by atoms with Gasteiger partial charge in [-0.15, -0.1) is 0 Å². The molecule has 0 unspecified atom stereocenters. The minimum atomic E-state index is 0.975. The summed E-state index contributed by atoms with van der Waals surface area (Å²) >= 11 is 0. The van der Waals surface area contributed by atoms with Gasteiger partial charge in [0.05, 0.1) is 5.70 Å². The summed E-state index contributed by atoms with van der Waals surface area (Å²) in [4.78, 5) is 0. The third-order valence-corrected chi connectivity index (χ3v) is 1.10. The van der Waals surface area contributed by atoms with Gasteiger partial charge in [0.25, 0.3) is 0 Å². The molecule has 0 saturated carbocycles. The molecule has 1 radical (unpaired) electrons. The topological polar surface area (TPSA) is 40.1 Å². The van der Waals surface area contributed by atoms with E-state index in [0.717, 1.165) is 18.7 Å². The molecule has 0 aliphatic carbocycles. The summed E-state index contributed by atoms with van der Waals surface area (Å²) < 4.78 is 0. The first kappa shape index (κ1) is 4.50. The number of nitrogens with two attached hydrogens (primary N) is 1. The first-order valence-electron chi connectivity index (χ1n) is 2.52. The maximum absolute atomic E-state index is 5.18. The van der Waals surface area contributed by atoms with Gasteiger partial charge >= 0.3 is 0 Å². The molecule has 1 saturated heterocycles. The Labute approximate surface area is 43.4 Å². The van der Waals surface area contributed by atoms with Gasteiger partial charge in [-0.1, -0.05) is 0 Å². The van der Waals surface area contributed by atoms with E-state index in [1.54, 1.807) is 6.20 Å². The second-order valence-electron chi connectivity index (χ2n) is 1.64. The largest absolute Gasteiger partial charge is 0.403 e. The Kier molecular flexibility index (Phi) is 1.20. The van der Waals surface area contributed by atoms with Gasteiger partial charge in [0.15, 0.2) is 0 Å². The van der Waals surface area contributed by atoms with Gasteiger partial charge in [-0.2, -0.15) is 0 Å². The molecule has 0 spiro atoms. The maximum atomic E-state index is 5.18. The van der Waals surface area contributed by atoms with Crippen LogP contribution in [-0.4, -0.2) is 6.54 Å². The van der Waals surface area contributed by atoms with Crippen molar-refractivity contribution in [2.75, 3.05) is 6.54 Å². The molecular formula is C5H9N2. The number of hydrogen-bond acceptors (Lipinski definition) is 1. The summed E-state index contributed by atoms with van der Waals surface area (Å²) in [6.07, 6.45) is 3.85. The molecule has 0 atom stereocenters. The lowest BCUT2D eigenvalue weighted by Crippen LogP contribution is -1.95. The fraction of sp³-hybridized carbons (Fsp3) is 0.600. The molecule has 1 aliphatic rings. The van der Waals surface area contributed by atoms with Crippen LogP contribution >= 0.6 is 0 Å². The molecule has 1 fully saturated rings. The van der Waals surface area contributed by atoms with Crippen LogP contribution in [-0.2, 0) is 0 Å². The Balaban J connectivity index is 2.41. The molecule has 39 valence electrons. The van der Waals surface area contributed by atoms with Crippen molar-refractivity contribution in [2.45, 2.75) is 12.8 Å². The highest BCUT2D eigenvalue weighted by atomic mass is 14.9. The first-order chi connectivity index (χ1) is 3.43. The average molecular weight is 97.1 g/mol. The molecule has 0 amide bonds. The fourth-order valence-corrected chi connectivity index (χ4v) is 0.698.